The zero-order valence-electron chi connectivity index (χ0n) is 20.8. The quantitative estimate of drug-likeness (QED) is 0.339. The maximum Gasteiger partial charge on any atom is 0.416 e. The number of aliphatic carboxylic acids is 1. The van der Waals surface area contributed by atoms with Gasteiger partial charge in [-0.25, -0.2) is 4.39 Å². The van der Waals surface area contributed by atoms with Gasteiger partial charge in [-0.05, 0) is 35.2 Å². The van der Waals surface area contributed by atoms with E-state index in [1.54, 1.807) is 26.8 Å². The number of para-hydroxylation sites is 1. The summed E-state index contributed by atoms with van der Waals surface area (Å²) in [5.41, 5.74) is -1.64. The first kappa shape index (κ1) is 28.6. The maximum absolute atomic E-state index is 14.5. The Morgan fingerprint density at radius 2 is 1.71 bits per heavy atom. The third kappa shape index (κ3) is 7.09. The molecule has 0 aliphatic rings. The highest BCUT2D eigenvalue weighted by atomic mass is 19.4. The monoisotopic (exact) mass is 537 g/mol. The van der Waals surface area contributed by atoms with Crippen LogP contribution in [0.3, 0.4) is 0 Å². The van der Waals surface area contributed by atoms with E-state index >= 15 is 0 Å². The van der Waals surface area contributed by atoms with Gasteiger partial charge in [0.1, 0.15) is 18.1 Å². The van der Waals surface area contributed by atoms with E-state index in [4.69, 9.17) is 4.74 Å². The van der Waals surface area contributed by atoms with Crippen molar-refractivity contribution in [3.8, 4) is 11.6 Å². The number of nitrogens with one attached hydrogen (secondary N) is 1. The first-order valence-corrected chi connectivity index (χ1v) is 11.5. The van der Waals surface area contributed by atoms with Crippen molar-refractivity contribution in [2.75, 3.05) is 6.61 Å². The summed E-state index contributed by atoms with van der Waals surface area (Å²) < 4.78 is 60.0. The van der Waals surface area contributed by atoms with Crippen LogP contribution in [0.1, 0.15) is 54.8 Å². The molecule has 0 saturated carbocycles. The molecule has 38 heavy (non-hydrogen) atoms. The standard InChI is InChI=1S/C26H27F4N3O5/c1-25(2,3)21(34)14-38-22-12-19(32-33(22)20-7-5-4-6-17(20)27)24(37)31-18(13-23(35)36)15-8-10-16(11-9-15)26(28,29)30/h4-12,18,21,34H,13-14H2,1-3H3,(H,31,37)(H,35,36). The van der Waals surface area contributed by atoms with Gasteiger partial charge in [0.25, 0.3) is 5.91 Å². The number of amides is 1. The number of rotatable bonds is 9. The van der Waals surface area contributed by atoms with Gasteiger partial charge in [0.2, 0.25) is 5.88 Å². The molecule has 3 N–H and O–H groups in total. The van der Waals surface area contributed by atoms with Crippen LogP contribution in [-0.4, -0.2) is 44.6 Å². The van der Waals surface area contributed by atoms with E-state index in [9.17, 15) is 37.4 Å². The lowest BCUT2D eigenvalue weighted by Gasteiger charge is -2.25. The van der Waals surface area contributed by atoms with Gasteiger partial charge < -0.3 is 20.3 Å². The van der Waals surface area contributed by atoms with Crippen LogP contribution in [0.25, 0.3) is 5.69 Å². The summed E-state index contributed by atoms with van der Waals surface area (Å²) in [6.45, 7) is 5.17. The van der Waals surface area contributed by atoms with Crippen LogP contribution in [0.4, 0.5) is 17.6 Å². The van der Waals surface area contributed by atoms with Crippen molar-refractivity contribution in [1.29, 1.82) is 0 Å². The fraction of sp³-hybridized carbons (Fsp3) is 0.346. The molecule has 8 nitrogen and oxygen atoms in total. The third-order valence-corrected chi connectivity index (χ3v) is 5.70. The molecule has 2 aromatic carbocycles. The van der Waals surface area contributed by atoms with Gasteiger partial charge in [0.05, 0.1) is 24.1 Å². The number of aliphatic hydroxyl groups is 1. The molecule has 3 rings (SSSR count). The number of alkyl halides is 3. The Balaban J connectivity index is 1.92. The van der Waals surface area contributed by atoms with Gasteiger partial charge in [0.15, 0.2) is 5.69 Å². The maximum atomic E-state index is 14.5. The molecule has 0 bridgehead atoms. The lowest BCUT2D eigenvalue weighted by Crippen LogP contribution is -2.32. The largest absolute Gasteiger partial charge is 0.481 e. The lowest BCUT2D eigenvalue weighted by atomic mass is 9.90. The Hall–Kier alpha value is -3.93. The zero-order chi connectivity index (χ0) is 28.3. The number of carboxylic acids is 1. The van der Waals surface area contributed by atoms with Crippen molar-refractivity contribution in [3.05, 3.63) is 77.2 Å². The van der Waals surface area contributed by atoms with Crippen LogP contribution in [-0.2, 0) is 11.0 Å². The van der Waals surface area contributed by atoms with Crippen molar-refractivity contribution in [2.24, 2.45) is 5.41 Å². The van der Waals surface area contributed by atoms with E-state index in [2.05, 4.69) is 10.4 Å². The molecule has 1 heterocycles. The van der Waals surface area contributed by atoms with E-state index < -0.39 is 53.4 Å². The van der Waals surface area contributed by atoms with Gasteiger partial charge in [-0.2, -0.15) is 23.0 Å². The molecule has 12 heteroatoms. The number of ether oxygens (including phenoxy) is 1. The Morgan fingerprint density at radius 1 is 1.08 bits per heavy atom. The topological polar surface area (TPSA) is 114 Å². The number of aromatic nitrogens is 2. The highest BCUT2D eigenvalue weighted by Gasteiger charge is 2.31. The zero-order valence-corrected chi connectivity index (χ0v) is 20.8. The molecule has 0 fully saturated rings. The summed E-state index contributed by atoms with van der Waals surface area (Å²) in [6, 6.07) is 9.32. The van der Waals surface area contributed by atoms with Crippen LogP contribution in [0.15, 0.2) is 54.6 Å². The van der Waals surface area contributed by atoms with E-state index in [-0.39, 0.29) is 29.4 Å². The highest BCUT2D eigenvalue weighted by Crippen LogP contribution is 2.31. The Kier molecular flexibility index (Phi) is 8.45. The average molecular weight is 538 g/mol. The number of hydrogen-bond acceptors (Lipinski definition) is 5. The van der Waals surface area contributed by atoms with Crippen LogP contribution in [0.2, 0.25) is 0 Å². The fourth-order valence-electron chi connectivity index (χ4n) is 3.35. The van der Waals surface area contributed by atoms with E-state index in [0.717, 1.165) is 28.9 Å². The number of carbonyl (C=O) groups is 2. The summed E-state index contributed by atoms with van der Waals surface area (Å²) in [6.07, 6.45) is -6.12. The molecule has 0 saturated heterocycles. The molecule has 0 radical (unpaired) electrons. The summed E-state index contributed by atoms with van der Waals surface area (Å²) in [5, 5.41) is 26.2. The molecule has 1 amide bonds. The smallest absolute Gasteiger partial charge is 0.416 e. The van der Waals surface area contributed by atoms with Crippen LogP contribution in [0.5, 0.6) is 5.88 Å². The minimum atomic E-state index is -4.58. The number of nitrogens with zero attached hydrogens (tertiary/aromatic N) is 2. The predicted molar refractivity (Wildman–Crippen MR) is 128 cm³/mol. The van der Waals surface area contributed by atoms with Crippen molar-refractivity contribution in [2.45, 2.75) is 45.5 Å². The SMILES string of the molecule is CC(C)(C)C(O)COc1cc(C(=O)NC(CC(=O)O)c2ccc(C(F)(F)F)cc2)nn1-c1ccccc1F. The Morgan fingerprint density at radius 3 is 2.26 bits per heavy atom. The second-order valence-electron chi connectivity index (χ2n) is 9.67. The highest BCUT2D eigenvalue weighted by molar-refractivity contribution is 5.93. The fourth-order valence-corrected chi connectivity index (χ4v) is 3.35. The van der Waals surface area contributed by atoms with Gasteiger partial charge >= 0.3 is 12.1 Å². The number of halogens is 4. The predicted octanol–water partition coefficient (Wildman–Crippen LogP) is 4.76. The summed E-state index contributed by atoms with van der Waals surface area (Å²) >= 11 is 0. The molecule has 204 valence electrons. The lowest BCUT2D eigenvalue weighted by molar-refractivity contribution is -0.138. The second-order valence-corrected chi connectivity index (χ2v) is 9.67. The second kappa shape index (κ2) is 11.2. The molecule has 3 aromatic rings. The van der Waals surface area contributed by atoms with Crippen molar-refractivity contribution >= 4 is 11.9 Å². The van der Waals surface area contributed by atoms with E-state index in [0.29, 0.717) is 0 Å². The van der Waals surface area contributed by atoms with Gasteiger partial charge in [-0.15, -0.1) is 0 Å². The van der Waals surface area contributed by atoms with Crippen molar-refractivity contribution in [3.63, 3.8) is 0 Å². The molecule has 0 aliphatic heterocycles. The van der Waals surface area contributed by atoms with Crippen molar-refractivity contribution < 1.29 is 42.1 Å². The van der Waals surface area contributed by atoms with Crippen LogP contribution < -0.4 is 10.1 Å². The average Bonchev–Trinajstić information content (AvgIpc) is 3.25. The van der Waals surface area contributed by atoms with E-state index in [1.165, 1.54) is 24.3 Å². The Labute approximate surface area is 215 Å². The molecule has 2 atom stereocenters. The van der Waals surface area contributed by atoms with Gasteiger partial charge in [-0.1, -0.05) is 45.0 Å². The van der Waals surface area contributed by atoms with Crippen LogP contribution in [0, 0.1) is 11.2 Å². The molecule has 0 aliphatic carbocycles. The minimum Gasteiger partial charge on any atom is -0.481 e. The number of aliphatic hydroxyl groups excluding tert-OH is 1. The number of hydrogen-bond donors (Lipinski definition) is 3. The van der Waals surface area contributed by atoms with Crippen molar-refractivity contribution in [1.82, 2.24) is 15.1 Å². The first-order valence-electron chi connectivity index (χ1n) is 11.5. The molecule has 0 spiro atoms. The minimum absolute atomic E-state index is 0.0448. The molecule has 1 aromatic heterocycles. The van der Waals surface area contributed by atoms with E-state index in [1.807, 2.05) is 0 Å². The van der Waals surface area contributed by atoms with Gasteiger partial charge in [0, 0.05) is 6.07 Å². The number of benzene rings is 2. The number of carbonyl (C=O) groups excluding carboxylic acids is 1. The first-order chi connectivity index (χ1) is 17.7. The summed E-state index contributed by atoms with van der Waals surface area (Å²) in [7, 11) is 0. The number of carboxylic acid groups (broad SMARTS) is 1. The van der Waals surface area contributed by atoms with Gasteiger partial charge in [-0.3, -0.25) is 9.59 Å². The summed E-state index contributed by atoms with van der Waals surface area (Å²) in [4.78, 5) is 24.5. The molecular formula is C26H27F4N3O5. The summed E-state index contributed by atoms with van der Waals surface area (Å²) in [5.74, 6) is -2.90. The Bertz CT molecular complexity index is 1280. The molecular weight excluding hydrogens is 510 g/mol. The van der Waals surface area contributed by atoms with Crippen LogP contribution >= 0.6 is 0 Å². The normalized spacial score (nSPS) is 13.6. The molecule has 2 unspecified atom stereocenters. The third-order valence-electron chi connectivity index (χ3n) is 5.70.